The van der Waals surface area contributed by atoms with E-state index >= 15 is 0 Å². The number of methoxy groups -OCH3 is 1. The van der Waals surface area contributed by atoms with Gasteiger partial charge in [-0.2, -0.15) is 0 Å². The number of ether oxygens (including phenoxy) is 1. The molecule has 5 nitrogen and oxygen atoms in total. The highest BCUT2D eigenvalue weighted by molar-refractivity contribution is 7.90. The molecule has 0 saturated carbocycles. The van der Waals surface area contributed by atoms with Crippen molar-refractivity contribution in [2.24, 2.45) is 5.73 Å². The van der Waals surface area contributed by atoms with Crippen LogP contribution in [0.4, 0.5) is 0 Å². The Labute approximate surface area is 115 Å². The van der Waals surface area contributed by atoms with E-state index in [1.807, 2.05) is 31.2 Å². The lowest BCUT2D eigenvalue weighted by atomic mass is 10.1. The Morgan fingerprint density at radius 2 is 2.05 bits per heavy atom. The molecule has 3 N–H and O–H groups in total. The van der Waals surface area contributed by atoms with E-state index < -0.39 is 15.3 Å². The first-order chi connectivity index (χ1) is 9.05. The number of hydrogen-bond acceptors (Lipinski definition) is 4. The van der Waals surface area contributed by atoms with Gasteiger partial charge in [0.15, 0.2) is 0 Å². The van der Waals surface area contributed by atoms with Crippen LogP contribution in [-0.4, -0.2) is 33.9 Å². The number of nitrogens with one attached hydrogen (secondary N) is 1. The van der Waals surface area contributed by atoms with Crippen molar-refractivity contribution < 1.29 is 13.2 Å². The molecular weight excluding hydrogens is 264 g/mol. The Morgan fingerprint density at radius 1 is 1.37 bits per heavy atom. The second kappa shape index (κ2) is 7.47. The van der Waals surface area contributed by atoms with E-state index in [0.29, 0.717) is 19.4 Å². The first-order valence-electron chi connectivity index (χ1n) is 6.35. The normalized spacial score (nSPS) is 13.2. The second-order valence-corrected chi connectivity index (χ2v) is 6.31. The van der Waals surface area contributed by atoms with Crippen molar-refractivity contribution in [1.29, 1.82) is 0 Å². The molecule has 0 saturated heterocycles. The maximum Gasteiger partial charge on any atom is 0.215 e. The Kier molecular flexibility index (Phi) is 6.27. The van der Waals surface area contributed by atoms with E-state index in [0.717, 1.165) is 11.3 Å². The van der Waals surface area contributed by atoms with Gasteiger partial charge in [-0.3, -0.25) is 0 Å². The third-order valence-electron chi connectivity index (χ3n) is 3.05. The second-order valence-electron chi connectivity index (χ2n) is 4.27. The summed E-state index contributed by atoms with van der Waals surface area (Å²) in [5.41, 5.74) is 6.44. The van der Waals surface area contributed by atoms with E-state index in [1.54, 1.807) is 7.11 Å². The van der Waals surface area contributed by atoms with E-state index in [2.05, 4.69) is 4.72 Å². The third-order valence-corrected chi connectivity index (χ3v) is 5.06. The molecule has 1 unspecified atom stereocenters. The monoisotopic (exact) mass is 286 g/mol. The van der Waals surface area contributed by atoms with Gasteiger partial charge in [0.1, 0.15) is 5.75 Å². The minimum Gasteiger partial charge on any atom is -0.496 e. The van der Waals surface area contributed by atoms with Crippen LogP contribution in [0.25, 0.3) is 0 Å². The molecule has 0 aliphatic carbocycles. The van der Waals surface area contributed by atoms with Crippen molar-refractivity contribution in [3.05, 3.63) is 29.8 Å². The Bertz CT molecular complexity index is 484. The lowest BCUT2D eigenvalue weighted by Gasteiger charge is -2.15. The predicted molar refractivity (Wildman–Crippen MR) is 76.8 cm³/mol. The van der Waals surface area contributed by atoms with E-state index in [4.69, 9.17) is 10.5 Å². The molecule has 0 bridgehead atoms. The number of nitrogens with two attached hydrogens (primary N) is 1. The molecule has 6 heteroatoms. The molecule has 108 valence electrons. The molecule has 0 radical (unpaired) electrons. The summed E-state index contributed by atoms with van der Waals surface area (Å²) in [6, 6.07) is 7.57. The SMILES string of the molecule is CCC(CN)S(=O)(=O)NCCc1ccccc1OC. The number of para-hydroxylation sites is 1. The van der Waals surface area contributed by atoms with E-state index in [-0.39, 0.29) is 6.54 Å². The van der Waals surface area contributed by atoms with Crippen LogP contribution in [0.2, 0.25) is 0 Å². The summed E-state index contributed by atoms with van der Waals surface area (Å²) in [7, 11) is -1.73. The summed E-state index contributed by atoms with van der Waals surface area (Å²) in [5.74, 6) is 0.771. The fraction of sp³-hybridized carbons (Fsp3) is 0.538. The lowest BCUT2D eigenvalue weighted by molar-refractivity contribution is 0.409. The van der Waals surface area contributed by atoms with Crippen LogP contribution in [-0.2, 0) is 16.4 Å². The molecule has 0 heterocycles. The van der Waals surface area contributed by atoms with Crippen molar-refractivity contribution in [1.82, 2.24) is 4.72 Å². The fourth-order valence-electron chi connectivity index (χ4n) is 1.87. The summed E-state index contributed by atoms with van der Waals surface area (Å²) in [6.45, 7) is 2.30. The molecular formula is C13H22N2O3S. The van der Waals surface area contributed by atoms with Crippen molar-refractivity contribution in [2.75, 3.05) is 20.2 Å². The van der Waals surface area contributed by atoms with E-state index in [9.17, 15) is 8.42 Å². The minimum absolute atomic E-state index is 0.139. The standard InChI is InChI=1S/C13H22N2O3S/c1-3-12(10-14)19(16,17)15-9-8-11-6-4-5-7-13(11)18-2/h4-7,12,15H,3,8-10,14H2,1-2H3. The highest BCUT2D eigenvalue weighted by atomic mass is 32.2. The smallest absolute Gasteiger partial charge is 0.215 e. The molecule has 1 aromatic carbocycles. The topological polar surface area (TPSA) is 81.4 Å². The lowest BCUT2D eigenvalue weighted by Crippen LogP contribution is -2.39. The van der Waals surface area contributed by atoms with Gasteiger partial charge in [0.05, 0.1) is 12.4 Å². The molecule has 1 rings (SSSR count). The van der Waals surface area contributed by atoms with Crippen molar-refractivity contribution in [2.45, 2.75) is 25.0 Å². The molecule has 0 aromatic heterocycles. The quantitative estimate of drug-likeness (QED) is 0.744. The maximum absolute atomic E-state index is 11.9. The van der Waals surface area contributed by atoms with Crippen LogP contribution in [0.1, 0.15) is 18.9 Å². The maximum atomic E-state index is 11.9. The van der Waals surface area contributed by atoms with Gasteiger partial charge < -0.3 is 10.5 Å². The minimum atomic E-state index is -3.33. The molecule has 0 spiro atoms. The molecule has 1 atom stereocenters. The highest BCUT2D eigenvalue weighted by Gasteiger charge is 2.21. The van der Waals surface area contributed by atoms with Crippen molar-refractivity contribution in [3.8, 4) is 5.75 Å². The number of sulfonamides is 1. The summed E-state index contributed by atoms with van der Waals surface area (Å²) >= 11 is 0. The van der Waals surface area contributed by atoms with Gasteiger partial charge in [0, 0.05) is 13.1 Å². The molecule has 0 aliphatic rings. The Balaban J connectivity index is 2.59. The zero-order chi connectivity index (χ0) is 14.3. The van der Waals surface area contributed by atoms with Gasteiger partial charge >= 0.3 is 0 Å². The summed E-state index contributed by atoms with van der Waals surface area (Å²) < 4.78 is 31.6. The molecule has 0 amide bonds. The van der Waals surface area contributed by atoms with Crippen LogP contribution < -0.4 is 15.2 Å². The van der Waals surface area contributed by atoms with Crippen LogP contribution in [0.5, 0.6) is 5.75 Å². The van der Waals surface area contributed by atoms with Gasteiger partial charge in [0.2, 0.25) is 10.0 Å². The zero-order valence-electron chi connectivity index (χ0n) is 11.4. The number of rotatable bonds is 8. The van der Waals surface area contributed by atoms with Crippen LogP contribution >= 0.6 is 0 Å². The van der Waals surface area contributed by atoms with Crippen LogP contribution in [0.15, 0.2) is 24.3 Å². The van der Waals surface area contributed by atoms with Gasteiger partial charge in [-0.05, 0) is 24.5 Å². The third kappa shape index (κ3) is 4.49. The van der Waals surface area contributed by atoms with Gasteiger partial charge in [-0.15, -0.1) is 0 Å². The molecule has 1 aromatic rings. The summed E-state index contributed by atoms with van der Waals surface area (Å²) in [4.78, 5) is 0. The highest BCUT2D eigenvalue weighted by Crippen LogP contribution is 2.17. The first kappa shape index (κ1) is 15.9. The van der Waals surface area contributed by atoms with Gasteiger partial charge in [-0.1, -0.05) is 25.1 Å². The fourth-order valence-corrected chi connectivity index (χ4v) is 3.18. The van der Waals surface area contributed by atoms with Crippen molar-refractivity contribution >= 4 is 10.0 Å². The van der Waals surface area contributed by atoms with Crippen molar-refractivity contribution in [3.63, 3.8) is 0 Å². The predicted octanol–water partition coefficient (Wildman–Crippen LogP) is 0.894. The van der Waals surface area contributed by atoms with Crippen LogP contribution in [0, 0.1) is 0 Å². The average Bonchev–Trinajstić information content (AvgIpc) is 2.40. The molecule has 0 fully saturated rings. The average molecular weight is 286 g/mol. The Morgan fingerprint density at radius 3 is 2.63 bits per heavy atom. The van der Waals surface area contributed by atoms with Crippen LogP contribution in [0.3, 0.4) is 0 Å². The number of hydrogen-bond donors (Lipinski definition) is 2. The van der Waals surface area contributed by atoms with Gasteiger partial charge in [-0.25, -0.2) is 13.1 Å². The van der Waals surface area contributed by atoms with Gasteiger partial charge in [0.25, 0.3) is 0 Å². The Hall–Kier alpha value is -1.11. The largest absolute Gasteiger partial charge is 0.496 e. The molecule has 0 aliphatic heterocycles. The molecule has 19 heavy (non-hydrogen) atoms. The first-order valence-corrected chi connectivity index (χ1v) is 7.90. The zero-order valence-corrected chi connectivity index (χ0v) is 12.2. The van der Waals surface area contributed by atoms with E-state index in [1.165, 1.54) is 0 Å². The number of benzene rings is 1. The summed E-state index contributed by atoms with van der Waals surface area (Å²) in [6.07, 6.45) is 1.10. The summed E-state index contributed by atoms with van der Waals surface area (Å²) in [5, 5.41) is -0.523.